The highest BCUT2D eigenvalue weighted by Crippen LogP contribution is 2.33. The summed E-state index contributed by atoms with van der Waals surface area (Å²) in [5.74, 6) is -2.34. The van der Waals surface area contributed by atoms with Gasteiger partial charge in [-0.25, -0.2) is 9.69 Å². The summed E-state index contributed by atoms with van der Waals surface area (Å²) in [7, 11) is 0. The number of carboxylic acid groups (broad SMARTS) is 1. The maximum Gasteiger partial charge on any atom is 0.335 e. The van der Waals surface area contributed by atoms with Crippen LogP contribution < -0.4 is 10.2 Å². The molecule has 2 N–H and O–H groups in total. The lowest BCUT2D eigenvalue weighted by Gasteiger charge is -2.17. The number of carbonyl (C=O) groups excluding carboxylic acids is 2. The number of aromatic carboxylic acids is 1. The van der Waals surface area contributed by atoms with Crippen molar-refractivity contribution in [2.24, 2.45) is 0 Å². The number of aryl methyl sites for hydroxylation is 1. The van der Waals surface area contributed by atoms with Gasteiger partial charge < -0.3 is 10.4 Å². The number of anilines is 2. The Kier molecular flexibility index (Phi) is 4.71. The molecule has 0 bridgehead atoms. The lowest BCUT2D eigenvalue weighted by Crippen LogP contribution is -2.32. The maximum atomic E-state index is 12.7. The van der Waals surface area contributed by atoms with Crippen LogP contribution in [0, 0.1) is 6.92 Å². The molecule has 26 heavy (non-hydrogen) atoms. The lowest BCUT2D eigenvalue weighted by atomic mass is 10.2. The van der Waals surface area contributed by atoms with Gasteiger partial charge in [-0.3, -0.25) is 9.59 Å². The Bertz CT molecular complexity index is 968. The van der Waals surface area contributed by atoms with Crippen LogP contribution in [0.1, 0.15) is 15.9 Å². The van der Waals surface area contributed by atoms with Crippen LogP contribution in [0.3, 0.4) is 0 Å². The maximum absolute atomic E-state index is 12.7. The zero-order valence-corrected chi connectivity index (χ0v) is 14.9. The molecular weight excluding hydrogens is 379 g/mol. The summed E-state index contributed by atoms with van der Waals surface area (Å²) in [6.07, 6.45) is 0. The van der Waals surface area contributed by atoms with Gasteiger partial charge in [-0.1, -0.05) is 29.3 Å². The number of benzene rings is 2. The van der Waals surface area contributed by atoms with E-state index in [9.17, 15) is 14.4 Å². The Morgan fingerprint density at radius 1 is 1.04 bits per heavy atom. The number of rotatable bonds is 4. The van der Waals surface area contributed by atoms with Gasteiger partial charge >= 0.3 is 5.97 Å². The van der Waals surface area contributed by atoms with E-state index in [1.807, 2.05) is 0 Å². The molecular formula is C18H12Cl2N2O4. The summed E-state index contributed by atoms with van der Waals surface area (Å²) in [6.45, 7) is 1.75. The molecule has 1 aliphatic rings. The molecule has 2 amide bonds. The Morgan fingerprint density at radius 3 is 2.31 bits per heavy atom. The first kappa shape index (κ1) is 18.0. The van der Waals surface area contributed by atoms with Crippen molar-refractivity contribution in [1.82, 2.24) is 0 Å². The third kappa shape index (κ3) is 3.16. The fourth-order valence-electron chi connectivity index (χ4n) is 2.49. The zero-order chi connectivity index (χ0) is 19.0. The average Bonchev–Trinajstić information content (AvgIpc) is 2.81. The van der Waals surface area contributed by atoms with E-state index in [4.69, 9.17) is 28.3 Å². The van der Waals surface area contributed by atoms with Crippen LogP contribution in [-0.4, -0.2) is 22.9 Å². The molecule has 0 atom stereocenters. The topological polar surface area (TPSA) is 86.7 Å². The van der Waals surface area contributed by atoms with Gasteiger partial charge in [-0.05, 0) is 48.9 Å². The third-order valence-electron chi connectivity index (χ3n) is 3.84. The van der Waals surface area contributed by atoms with Crippen molar-refractivity contribution in [3.05, 3.63) is 69.3 Å². The van der Waals surface area contributed by atoms with Gasteiger partial charge in [0.1, 0.15) is 10.7 Å². The fourth-order valence-corrected chi connectivity index (χ4v) is 2.87. The number of nitrogens with one attached hydrogen (secondary N) is 1. The second kappa shape index (κ2) is 6.82. The van der Waals surface area contributed by atoms with E-state index in [0.717, 1.165) is 4.90 Å². The van der Waals surface area contributed by atoms with Crippen LogP contribution in [0.25, 0.3) is 0 Å². The highest BCUT2D eigenvalue weighted by molar-refractivity contribution is 6.53. The number of imide groups is 1. The number of hydrogen-bond acceptors (Lipinski definition) is 4. The van der Waals surface area contributed by atoms with Crippen LogP contribution in [0.5, 0.6) is 0 Å². The Labute approximate surface area is 158 Å². The molecule has 0 aliphatic carbocycles. The molecule has 0 spiro atoms. The first-order chi connectivity index (χ1) is 12.3. The normalized spacial score (nSPS) is 14.2. The van der Waals surface area contributed by atoms with E-state index in [-0.39, 0.29) is 16.3 Å². The zero-order valence-electron chi connectivity index (χ0n) is 13.4. The van der Waals surface area contributed by atoms with Crippen molar-refractivity contribution in [3.8, 4) is 0 Å². The molecule has 1 aliphatic heterocycles. The van der Waals surface area contributed by atoms with E-state index < -0.39 is 17.8 Å². The van der Waals surface area contributed by atoms with Crippen molar-refractivity contribution in [3.63, 3.8) is 0 Å². The van der Waals surface area contributed by atoms with Crippen LogP contribution in [0.2, 0.25) is 5.02 Å². The van der Waals surface area contributed by atoms with E-state index >= 15 is 0 Å². The number of carboxylic acids is 1. The van der Waals surface area contributed by atoms with Gasteiger partial charge in [-0.2, -0.15) is 0 Å². The fraction of sp³-hybridized carbons (Fsp3) is 0.0556. The molecule has 8 heteroatoms. The second-order valence-corrected chi connectivity index (χ2v) is 6.39. The number of nitrogens with zero attached hydrogens (tertiary/aromatic N) is 1. The third-order valence-corrected chi connectivity index (χ3v) is 4.43. The number of hydrogen-bond donors (Lipinski definition) is 2. The van der Waals surface area contributed by atoms with Gasteiger partial charge in [0.25, 0.3) is 11.8 Å². The number of amides is 2. The van der Waals surface area contributed by atoms with Gasteiger partial charge in [0.15, 0.2) is 0 Å². The van der Waals surface area contributed by atoms with Gasteiger partial charge in [0, 0.05) is 10.7 Å². The van der Waals surface area contributed by atoms with Crippen LogP contribution in [0.15, 0.2) is 53.2 Å². The van der Waals surface area contributed by atoms with Crippen molar-refractivity contribution in [1.29, 1.82) is 0 Å². The molecule has 2 aromatic rings. The largest absolute Gasteiger partial charge is 0.478 e. The standard InChI is InChI=1S/C18H12Cl2N2O4/c1-9-2-5-11(19)8-13(9)22-16(23)14(20)15(17(22)24)21-12-6-3-10(4-7-12)18(25)26/h2-8,21H,1H3,(H,25,26). The summed E-state index contributed by atoms with van der Waals surface area (Å²) in [4.78, 5) is 37.1. The second-order valence-electron chi connectivity index (χ2n) is 5.57. The predicted molar refractivity (Wildman–Crippen MR) is 98.6 cm³/mol. The molecule has 0 fully saturated rings. The number of carbonyl (C=O) groups is 3. The molecule has 0 unspecified atom stereocenters. The van der Waals surface area contributed by atoms with Crippen molar-refractivity contribution in [2.45, 2.75) is 6.92 Å². The van der Waals surface area contributed by atoms with Gasteiger partial charge in [0.2, 0.25) is 0 Å². The molecule has 0 saturated carbocycles. The highest BCUT2D eigenvalue weighted by atomic mass is 35.5. The monoisotopic (exact) mass is 390 g/mol. The average molecular weight is 391 g/mol. The van der Waals surface area contributed by atoms with Crippen molar-refractivity contribution >= 4 is 52.4 Å². The minimum Gasteiger partial charge on any atom is -0.478 e. The van der Waals surface area contributed by atoms with E-state index in [1.54, 1.807) is 19.1 Å². The Balaban J connectivity index is 1.91. The lowest BCUT2D eigenvalue weighted by molar-refractivity contribution is -0.120. The molecule has 6 nitrogen and oxygen atoms in total. The molecule has 132 valence electrons. The number of halogens is 2. The summed E-state index contributed by atoms with van der Waals surface area (Å²) in [5, 5.41) is 11.8. The van der Waals surface area contributed by atoms with Gasteiger partial charge in [-0.15, -0.1) is 0 Å². The molecule has 0 aromatic heterocycles. The van der Waals surface area contributed by atoms with Gasteiger partial charge in [0.05, 0.1) is 11.3 Å². The van der Waals surface area contributed by atoms with Crippen molar-refractivity contribution in [2.75, 3.05) is 10.2 Å². The predicted octanol–water partition coefficient (Wildman–Crippen LogP) is 3.78. The molecule has 3 rings (SSSR count). The van der Waals surface area contributed by atoms with E-state index in [2.05, 4.69) is 5.32 Å². The van der Waals surface area contributed by atoms with Crippen LogP contribution in [0.4, 0.5) is 11.4 Å². The first-order valence-electron chi connectivity index (χ1n) is 7.44. The summed E-state index contributed by atoms with van der Waals surface area (Å²) >= 11 is 12.0. The van der Waals surface area contributed by atoms with Crippen molar-refractivity contribution < 1.29 is 19.5 Å². The summed E-state index contributed by atoms with van der Waals surface area (Å²) < 4.78 is 0. The van der Waals surface area contributed by atoms with Crippen LogP contribution in [-0.2, 0) is 9.59 Å². The Morgan fingerprint density at radius 2 is 1.69 bits per heavy atom. The quantitative estimate of drug-likeness (QED) is 0.775. The minimum atomic E-state index is -1.07. The van der Waals surface area contributed by atoms with Crippen LogP contribution >= 0.6 is 23.2 Å². The van der Waals surface area contributed by atoms with E-state index in [0.29, 0.717) is 22.0 Å². The summed E-state index contributed by atoms with van der Waals surface area (Å²) in [5.41, 5.74) is 1.48. The molecule has 2 aromatic carbocycles. The molecule has 0 radical (unpaired) electrons. The SMILES string of the molecule is Cc1ccc(Cl)cc1N1C(=O)C(Cl)=C(Nc2ccc(C(=O)O)cc2)C1=O. The minimum absolute atomic E-state index is 0.0842. The molecule has 0 saturated heterocycles. The van der Waals surface area contributed by atoms with E-state index in [1.165, 1.54) is 30.3 Å². The first-order valence-corrected chi connectivity index (χ1v) is 8.20. The Hall–Kier alpha value is -2.83. The molecule has 1 heterocycles. The smallest absolute Gasteiger partial charge is 0.335 e. The summed E-state index contributed by atoms with van der Waals surface area (Å²) in [6, 6.07) is 10.6. The highest BCUT2D eigenvalue weighted by Gasteiger charge is 2.39.